The minimum absolute atomic E-state index is 0.460. The number of fused-ring (bicyclic) bond motifs is 1. The fourth-order valence-electron chi connectivity index (χ4n) is 2.92. The average Bonchev–Trinajstić information content (AvgIpc) is 2.19. The maximum Gasteiger partial charge on any atom is 0.134 e. The zero-order valence-electron chi connectivity index (χ0n) is 8.74. The Balaban J connectivity index is 2.04. The van der Waals surface area contributed by atoms with E-state index >= 15 is 0 Å². The molecule has 0 bridgehead atoms. The van der Waals surface area contributed by atoms with E-state index in [1.807, 2.05) is 6.08 Å². The number of Topliss-reactive ketones (excluding diaryl/α,β-unsaturated/α-hetero) is 1. The highest BCUT2D eigenvalue weighted by atomic mass is 16.1. The van der Waals surface area contributed by atoms with E-state index in [4.69, 9.17) is 0 Å². The van der Waals surface area contributed by atoms with Crippen LogP contribution in [-0.4, -0.2) is 29.8 Å². The molecule has 14 heavy (non-hydrogen) atoms. The van der Waals surface area contributed by atoms with Crippen molar-refractivity contribution in [3.8, 4) is 0 Å². The molecule has 0 aromatic carbocycles. The number of carbonyl (C=O) groups is 1. The lowest BCUT2D eigenvalue weighted by atomic mass is 9.78. The Bertz CT molecular complexity index is 236. The monoisotopic (exact) mass is 193 g/mol. The number of nitrogens with zero attached hydrogens (tertiary/aromatic N) is 1. The summed E-state index contributed by atoms with van der Waals surface area (Å²) in [7, 11) is 0. The van der Waals surface area contributed by atoms with Crippen molar-refractivity contribution >= 4 is 5.78 Å². The van der Waals surface area contributed by atoms with Crippen LogP contribution < -0.4 is 0 Å². The van der Waals surface area contributed by atoms with Crippen LogP contribution >= 0.6 is 0 Å². The van der Waals surface area contributed by atoms with Gasteiger partial charge in [-0.15, -0.1) is 6.58 Å². The highest BCUT2D eigenvalue weighted by Gasteiger charge is 2.35. The van der Waals surface area contributed by atoms with E-state index in [-0.39, 0.29) is 0 Å². The molecular weight excluding hydrogens is 174 g/mol. The maximum atomic E-state index is 11.4. The molecule has 0 amide bonds. The first-order chi connectivity index (χ1) is 6.81. The normalized spacial score (nSPS) is 33.9. The van der Waals surface area contributed by atoms with Gasteiger partial charge in [-0.25, -0.2) is 0 Å². The molecule has 1 heterocycles. The molecule has 2 aliphatic rings. The van der Waals surface area contributed by atoms with Gasteiger partial charge in [0.25, 0.3) is 0 Å². The minimum Gasteiger partial charge on any atom is -0.300 e. The van der Waals surface area contributed by atoms with E-state index in [2.05, 4.69) is 11.5 Å². The molecule has 0 N–H and O–H groups in total. The molecule has 0 spiro atoms. The van der Waals surface area contributed by atoms with Gasteiger partial charge >= 0.3 is 0 Å². The number of hydrogen-bond donors (Lipinski definition) is 0. The summed E-state index contributed by atoms with van der Waals surface area (Å²) in [5.74, 6) is 1.24. The van der Waals surface area contributed by atoms with Gasteiger partial charge in [-0.1, -0.05) is 6.08 Å². The lowest BCUT2D eigenvalue weighted by Crippen LogP contribution is -2.48. The maximum absolute atomic E-state index is 11.4. The van der Waals surface area contributed by atoms with Gasteiger partial charge in [0.05, 0.1) is 0 Å². The summed E-state index contributed by atoms with van der Waals surface area (Å²) in [4.78, 5) is 13.9. The summed E-state index contributed by atoms with van der Waals surface area (Å²) in [5.41, 5.74) is 0. The van der Waals surface area contributed by atoms with Crippen LogP contribution in [0, 0.1) is 5.92 Å². The van der Waals surface area contributed by atoms with E-state index in [0.29, 0.717) is 11.8 Å². The highest BCUT2D eigenvalue weighted by Crippen LogP contribution is 2.33. The van der Waals surface area contributed by atoms with Crippen molar-refractivity contribution in [1.82, 2.24) is 4.90 Å². The molecule has 1 aliphatic heterocycles. The van der Waals surface area contributed by atoms with E-state index in [1.165, 1.54) is 12.8 Å². The lowest BCUT2D eigenvalue weighted by Gasteiger charge is -2.43. The predicted octanol–water partition coefficient (Wildman–Crippen LogP) is 2.01. The van der Waals surface area contributed by atoms with Crippen LogP contribution in [-0.2, 0) is 4.79 Å². The number of ketones is 1. The standard InChI is InChI=1S/C12H19NO/c1-2-7-13-8-3-4-10-5-6-11(14)9-12(10)13/h2,10,12H,1,3-9H2. The molecule has 1 saturated heterocycles. The minimum atomic E-state index is 0.460. The first kappa shape index (κ1) is 9.91. The van der Waals surface area contributed by atoms with Crippen LogP contribution in [0.3, 0.4) is 0 Å². The van der Waals surface area contributed by atoms with Gasteiger partial charge in [0.1, 0.15) is 5.78 Å². The quantitative estimate of drug-likeness (QED) is 0.625. The molecule has 1 saturated carbocycles. The topological polar surface area (TPSA) is 20.3 Å². The van der Waals surface area contributed by atoms with Crippen molar-refractivity contribution in [2.45, 2.75) is 38.1 Å². The second-order valence-corrected chi connectivity index (χ2v) is 4.53. The van der Waals surface area contributed by atoms with Crippen molar-refractivity contribution in [2.24, 2.45) is 5.92 Å². The van der Waals surface area contributed by atoms with Crippen molar-refractivity contribution in [2.75, 3.05) is 13.1 Å². The summed E-state index contributed by atoms with van der Waals surface area (Å²) in [6, 6.07) is 0.531. The number of likely N-dealkylation sites (tertiary alicyclic amines) is 1. The fourth-order valence-corrected chi connectivity index (χ4v) is 2.92. The SMILES string of the molecule is C=CCN1CCCC2CCC(=O)CC21. The van der Waals surface area contributed by atoms with Gasteiger partial charge < -0.3 is 0 Å². The smallest absolute Gasteiger partial charge is 0.134 e. The molecule has 0 radical (unpaired) electrons. The highest BCUT2D eigenvalue weighted by molar-refractivity contribution is 5.79. The third-order valence-corrected chi connectivity index (χ3v) is 3.63. The van der Waals surface area contributed by atoms with Crippen LogP contribution in [0.1, 0.15) is 32.1 Å². The van der Waals surface area contributed by atoms with Crippen molar-refractivity contribution in [3.63, 3.8) is 0 Å². The molecule has 2 nitrogen and oxygen atoms in total. The Hall–Kier alpha value is -0.630. The molecule has 0 aromatic rings. The summed E-state index contributed by atoms with van der Waals surface area (Å²) >= 11 is 0. The number of hydrogen-bond acceptors (Lipinski definition) is 2. The van der Waals surface area contributed by atoms with E-state index < -0.39 is 0 Å². The van der Waals surface area contributed by atoms with E-state index in [1.54, 1.807) is 0 Å². The van der Waals surface area contributed by atoms with Crippen LogP contribution in [0.4, 0.5) is 0 Å². The Kier molecular flexibility index (Phi) is 3.02. The van der Waals surface area contributed by atoms with Gasteiger partial charge in [0.2, 0.25) is 0 Å². The zero-order chi connectivity index (χ0) is 9.97. The zero-order valence-corrected chi connectivity index (χ0v) is 8.74. The van der Waals surface area contributed by atoms with E-state index in [0.717, 1.165) is 38.3 Å². The number of rotatable bonds is 2. The summed E-state index contributed by atoms with van der Waals surface area (Å²) in [6.07, 6.45) is 7.31. The van der Waals surface area contributed by atoms with Crippen LogP contribution in [0.5, 0.6) is 0 Å². The summed E-state index contributed by atoms with van der Waals surface area (Å²) < 4.78 is 0. The van der Waals surface area contributed by atoms with Crippen LogP contribution in [0.25, 0.3) is 0 Å². The molecular formula is C12H19NO. The summed E-state index contributed by atoms with van der Waals surface area (Å²) in [5, 5.41) is 0. The molecule has 2 atom stereocenters. The molecule has 2 fully saturated rings. The van der Waals surface area contributed by atoms with Gasteiger partial charge in [-0.3, -0.25) is 9.69 Å². The van der Waals surface area contributed by atoms with Crippen molar-refractivity contribution in [1.29, 1.82) is 0 Å². The molecule has 78 valence electrons. The van der Waals surface area contributed by atoms with Gasteiger partial charge in [-0.2, -0.15) is 0 Å². The summed E-state index contributed by atoms with van der Waals surface area (Å²) in [6.45, 7) is 5.89. The number of carbonyl (C=O) groups excluding carboxylic acids is 1. The molecule has 2 rings (SSSR count). The fraction of sp³-hybridized carbons (Fsp3) is 0.750. The van der Waals surface area contributed by atoms with Crippen LogP contribution in [0.2, 0.25) is 0 Å². The molecule has 1 aliphatic carbocycles. The second kappa shape index (κ2) is 4.26. The third kappa shape index (κ3) is 1.90. The van der Waals surface area contributed by atoms with Gasteiger partial charge in [-0.05, 0) is 31.7 Å². The lowest BCUT2D eigenvalue weighted by molar-refractivity contribution is -0.124. The Morgan fingerprint density at radius 2 is 2.36 bits per heavy atom. The predicted molar refractivity (Wildman–Crippen MR) is 57.1 cm³/mol. The molecule has 2 heteroatoms. The molecule has 2 unspecified atom stereocenters. The largest absolute Gasteiger partial charge is 0.300 e. The number of piperidine rings is 1. The van der Waals surface area contributed by atoms with E-state index in [9.17, 15) is 4.79 Å². The Morgan fingerprint density at radius 1 is 1.50 bits per heavy atom. The first-order valence-electron chi connectivity index (χ1n) is 5.68. The van der Waals surface area contributed by atoms with Crippen molar-refractivity contribution < 1.29 is 4.79 Å². The van der Waals surface area contributed by atoms with Crippen LogP contribution in [0.15, 0.2) is 12.7 Å². The van der Waals surface area contributed by atoms with Crippen molar-refractivity contribution in [3.05, 3.63) is 12.7 Å². The van der Waals surface area contributed by atoms with Gasteiger partial charge in [0.15, 0.2) is 0 Å². The Morgan fingerprint density at radius 3 is 3.14 bits per heavy atom. The first-order valence-corrected chi connectivity index (χ1v) is 5.68. The van der Waals surface area contributed by atoms with Gasteiger partial charge in [0, 0.05) is 25.4 Å². The third-order valence-electron chi connectivity index (χ3n) is 3.63. The average molecular weight is 193 g/mol. The second-order valence-electron chi connectivity index (χ2n) is 4.53. The molecule has 0 aromatic heterocycles. The Labute approximate surface area is 86.0 Å².